The first kappa shape index (κ1) is 27.1. The van der Waals surface area contributed by atoms with Crippen molar-refractivity contribution >= 4 is 38.9 Å². The number of nitrogens with zero attached hydrogens (tertiary/aromatic N) is 4. The van der Waals surface area contributed by atoms with Crippen molar-refractivity contribution in [2.45, 2.75) is 33.2 Å². The minimum Gasteiger partial charge on any atom is -0.509 e. The largest absolute Gasteiger partial charge is 0.509 e. The van der Waals surface area contributed by atoms with Crippen molar-refractivity contribution in [3.05, 3.63) is 115 Å². The molecule has 0 aliphatic carbocycles. The maximum atomic E-state index is 6.35. The number of hydrogen-bond donors (Lipinski definition) is 0. The van der Waals surface area contributed by atoms with E-state index in [4.69, 9.17) is 9.68 Å². The van der Waals surface area contributed by atoms with Gasteiger partial charge in [-0.25, -0.2) is 4.98 Å². The predicted octanol–water partition coefficient (Wildman–Crippen LogP) is 8.47. The van der Waals surface area contributed by atoms with Crippen molar-refractivity contribution in [1.29, 1.82) is 0 Å². The van der Waals surface area contributed by atoms with E-state index >= 15 is 0 Å². The van der Waals surface area contributed by atoms with Crippen LogP contribution in [0.25, 0.3) is 27.6 Å². The van der Waals surface area contributed by atoms with Gasteiger partial charge in [0.15, 0.2) is 0 Å². The molecular weight excluding hydrogens is 691 g/mol. The summed E-state index contributed by atoms with van der Waals surface area (Å²) in [5.74, 6) is 2.05. The van der Waals surface area contributed by atoms with Crippen molar-refractivity contribution in [2.24, 2.45) is 0 Å². The number of aryl methyl sites for hydroxylation is 1. The summed E-state index contributed by atoms with van der Waals surface area (Å²) >= 11 is 0. The maximum absolute atomic E-state index is 6.35. The number of para-hydroxylation sites is 3. The molecule has 1 aliphatic heterocycles. The average molecular weight is 721 g/mol. The van der Waals surface area contributed by atoms with Crippen LogP contribution < -0.4 is 14.9 Å². The molecule has 0 unspecified atom stereocenters. The standard InChI is InChI=1S/C34H28N4O2.Pt/c1-23-18-19-35-33(20-23)36-29-13-6-5-12-27(29)28-17-16-26(22-32(28)36)39-25-11-9-10-24(21-25)37-30-14-7-8-15-31(30)38(40-37)34(2,3)4;/h5-20H,1-4H3;/q-2;/p+1. The quantitative estimate of drug-likeness (QED) is 0.136. The van der Waals surface area contributed by atoms with Crippen LogP contribution >= 0.6 is 0 Å². The maximum Gasteiger partial charge on any atom is 0.145 e. The van der Waals surface area contributed by atoms with Gasteiger partial charge in [0.05, 0.1) is 0 Å². The molecule has 41 heavy (non-hydrogen) atoms. The van der Waals surface area contributed by atoms with Gasteiger partial charge in [0.2, 0.25) is 0 Å². The van der Waals surface area contributed by atoms with Crippen LogP contribution in [-0.4, -0.2) is 20.0 Å². The zero-order valence-electron chi connectivity index (χ0n) is 23.2. The van der Waals surface area contributed by atoms with E-state index < -0.39 is 0 Å². The van der Waals surface area contributed by atoms with E-state index in [9.17, 15) is 0 Å². The fourth-order valence-corrected chi connectivity index (χ4v) is 5.23. The molecule has 0 saturated carbocycles. The number of hydroxylamine groups is 1. The number of benzene rings is 4. The fraction of sp³-hybridized carbons (Fsp3) is 0.147. The molecule has 6 nitrogen and oxygen atoms in total. The van der Waals surface area contributed by atoms with E-state index in [0.717, 1.165) is 50.2 Å². The Morgan fingerprint density at radius 1 is 0.780 bits per heavy atom. The molecule has 0 amide bonds. The summed E-state index contributed by atoms with van der Waals surface area (Å²) in [7, 11) is 0. The van der Waals surface area contributed by atoms with Crippen molar-refractivity contribution in [3.63, 3.8) is 0 Å². The average Bonchev–Trinajstić information content (AvgIpc) is 3.50. The molecule has 3 heterocycles. The zero-order chi connectivity index (χ0) is 27.4. The van der Waals surface area contributed by atoms with E-state index in [1.54, 1.807) is 0 Å². The molecule has 4 aromatic carbocycles. The monoisotopic (exact) mass is 720 g/mol. The van der Waals surface area contributed by atoms with Crippen molar-refractivity contribution in [2.75, 3.05) is 10.1 Å². The van der Waals surface area contributed by atoms with Crippen molar-refractivity contribution in [3.8, 4) is 17.3 Å². The summed E-state index contributed by atoms with van der Waals surface area (Å²) in [6.07, 6.45) is 1.84. The van der Waals surface area contributed by atoms with E-state index in [1.165, 1.54) is 0 Å². The Bertz CT molecular complexity index is 1890. The minimum absolute atomic E-state index is 0. The van der Waals surface area contributed by atoms with Gasteiger partial charge in [-0.15, -0.1) is 45.8 Å². The van der Waals surface area contributed by atoms with Gasteiger partial charge in [0, 0.05) is 50.0 Å². The smallest absolute Gasteiger partial charge is 0.145 e. The SMILES string of the molecule is Cc1ccnc(-n2c3[c-]c(Oc4[c-]c(N5[OH+]N(C(C)(C)C)c6ccccc65)ccc4)ccc3c3ccccc32)c1.[Pt]. The van der Waals surface area contributed by atoms with Gasteiger partial charge < -0.3 is 9.30 Å². The number of hydrogen-bond acceptors (Lipinski definition) is 4. The van der Waals surface area contributed by atoms with Gasteiger partial charge in [-0.3, -0.25) is 0 Å². The number of pyridine rings is 1. The number of ether oxygens (including phenoxy) is 1. The van der Waals surface area contributed by atoms with E-state index in [0.29, 0.717) is 11.5 Å². The number of fused-ring (bicyclic) bond motifs is 4. The molecular formula is C34H29N4O2Pt-. The van der Waals surface area contributed by atoms with Crippen LogP contribution in [0.1, 0.15) is 26.3 Å². The Labute approximate surface area is 253 Å². The summed E-state index contributed by atoms with van der Waals surface area (Å²) in [6.45, 7) is 8.53. The van der Waals surface area contributed by atoms with Crippen LogP contribution in [0.15, 0.2) is 97.2 Å². The molecule has 0 fully saturated rings. The molecule has 0 saturated heterocycles. The van der Waals surface area contributed by atoms with Crippen LogP contribution in [0.4, 0.5) is 17.1 Å². The van der Waals surface area contributed by atoms with Gasteiger partial charge in [0.1, 0.15) is 22.7 Å². The second-order valence-corrected chi connectivity index (χ2v) is 11.0. The molecule has 1 N–H and O–H groups in total. The molecule has 0 spiro atoms. The van der Waals surface area contributed by atoms with E-state index in [1.807, 2.05) is 64.9 Å². The Hall–Kier alpha value is -4.12. The van der Waals surface area contributed by atoms with Crippen molar-refractivity contribution in [1.82, 2.24) is 9.55 Å². The first-order valence-electron chi connectivity index (χ1n) is 13.4. The number of anilines is 3. The summed E-state index contributed by atoms with van der Waals surface area (Å²) in [4.78, 5) is 9.59. The zero-order valence-corrected chi connectivity index (χ0v) is 25.5. The molecule has 0 bridgehead atoms. The Morgan fingerprint density at radius 2 is 1.54 bits per heavy atom. The van der Waals surface area contributed by atoms with Gasteiger partial charge in [-0.05, 0) is 69.0 Å². The van der Waals surface area contributed by atoms with Crippen LogP contribution in [0.5, 0.6) is 11.5 Å². The van der Waals surface area contributed by atoms with Crippen LogP contribution in [0, 0.1) is 19.1 Å². The second-order valence-electron chi connectivity index (χ2n) is 11.0. The first-order valence-corrected chi connectivity index (χ1v) is 13.4. The van der Waals surface area contributed by atoms with Gasteiger partial charge in [0.25, 0.3) is 0 Å². The molecule has 0 atom stereocenters. The molecule has 2 aromatic heterocycles. The molecule has 208 valence electrons. The molecule has 7 heteroatoms. The number of rotatable bonds is 4. The summed E-state index contributed by atoms with van der Waals surface area (Å²) in [6, 6.07) is 37.5. The predicted molar refractivity (Wildman–Crippen MR) is 160 cm³/mol. The van der Waals surface area contributed by atoms with Crippen LogP contribution in [-0.2, 0) is 21.1 Å². The third kappa shape index (κ3) is 4.77. The first-order chi connectivity index (χ1) is 19.4. The van der Waals surface area contributed by atoms with E-state index in [2.05, 4.69) is 91.8 Å². The summed E-state index contributed by atoms with van der Waals surface area (Å²) < 4.78 is 8.50. The fourth-order valence-electron chi connectivity index (χ4n) is 5.23. The van der Waals surface area contributed by atoms with Crippen LogP contribution in [0.2, 0.25) is 0 Å². The molecule has 6 aromatic rings. The normalized spacial score (nSPS) is 13.0. The molecule has 1 aliphatic rings. The number of aromatic nitrogens is 2. The minimum atomic E-state index is -0.173. The van der Waals surface area contributed by atoms with Gasteiger partial charge in [-0.2, -0.15) is 17.1 Å². The van der Waals surface area contributed by atoms with E-state index in [-0.39, 0.29) is 26.6 Å². The topological polar surface area (TPSA) is 46.3 Å². The van der Waals surface area contributed by atoms with Gasteiger partial charge in [-0.1, -0.05) is 35.8 Å². The Kier molecular flexibility index (Phi) is 6.85. The molecule has 0 radical (unpaired) electrons. The van der Waals surface area contributed by atoms with Gasteiger partial charge >= 0.3 is 0 Å². The summed E-state index contributed by atoms with van der Waals surface area (Å²) in [5.41, 5.74) is 5.84. The Morgan fingerprint density at radius 3 is 2.34 bits per heavy atom. The summed E-state index contributed by atoms with van der Waals surface area (Å²) in [5, 5.41) is 6.21. The second kappa shape index (κ2) is 10.4. The third-order valence-corrected chi connectivity index (χ3v) is 7.04. The van der Waals surface area contributed by atoms with Crippen LogP contribution in [0.3, 0.4) is 0 Å². The third-order valence-electron chi connectivity index (χ3n) is 7.04. The molecule has 7 rings (SSSR count). The Balaban J connectivity index is 0.00000302. The van der Waals surface area contributed by atoms with Crippen molar-refractivity contribution < 1.29 is 30.7 Å².